The first kappa shape index (κ1) is 16.6. The van der Waals surface area contributed by atoms with E-state index in [1.165, 1.54) is 24.3 Å². The molecule has 134 valence electrons. The van der Waals surface area contributed by atoms with Gasteiger partial charge in [-0.1, -0.05) is 24.3 Å². The normalized spacial score (nSPS) is 15.3. The quantitative estimate of drug-likeness (QED) is 0.582. The fourth-order valence-corrected chi connectivity index (χ4v) is 3.21. The third-order valence-electron chi connectivity index (χ3n) is 4.55. The summed E-state index contributed by atoms with van der Waals surface area (Å²) in [5.41, 5.74) is 1.03. The summed E-state index contributed by atoms with van der Waals surface area (Å²) in [4.78, 5) is 64.0. The molecular formula is C19H13N3O5. The first-order valence-electron chi connectivity index (χ1n) is 8.12. The Morgan fingerprint density at radius 1 is 0.630 bits per heavy atom. The molecule has 8 nitrogen and oxygen atoms in total. The Balaban J connectivity index is 1.53. The maximum absolute atomic E-state index is 12.4. The van der Waals surface area contributed by atoms with Gasteiger partial charge in [0.2, 0.25) is 6.41 Å². The van der Waals surface area contributed by atoms with Gasteiger partial charge in [0, 0.05) is 0 Å². The van der Waals surface area contributed by atoms with E-state index in [1.807, 2.05) is 0 Å². The Morgan fingerprint density at radius 3 is 1.19 bits per heavy atom. The van der Waals surface area contributed by atoms with Crippen LogP contribution in [-0.2, 0) is 4.79 Å². The van der Waals surface area contributed by atoms with Crippen LogP contribution in [0.1, 0.15) is 41.4 Å². The van der Waals surface area contributed by atoms with Crippen molar-refractivity contribution in [3.8, 4) is 0 Å². The molecule has 0 saturated carbocycles. The molecule has 27 heavy (non-hydrogen) atoms. The summed E-state index contributed by atoms with van der Waals surface area (Å²) < 4.78 is 0. The van der Waals surface area contributed by atoms with Crippen molar-refractivity contribution >= 4 is 30.0 Å². The molecule has 2 aliphatic rings. The highest BCUT2D eigenvalue weighted by atomic mass is 16.2. The van der Waals surface area contributed by atoms with Gasteiger partial charge in [-0.05, 0) is 24.3 Å². The highest BCUT2D eigenvalue weighted by Crippen LogP contribution is 2.24. The number of hydrogen-bond acceptors (Lipinski definition) is 5. The second-order valence-electron chi connectivity index (χ2n) is 6.14. The molecule has 0 saturated heterocycles. The van der Waals surface area contributed by atoms with Crippen LogP contribution in [0.5, 0.6) is 0 Å². The molecule has 2 aromatic rings. The van der Waals surface area contributed by atoms with E-state index >= 15 is 0 Å². The van der Waals surface area contributed by atoms with Gasteiger partial charge in [0.15, 0.2) is 0 Å². The fraction of sp³-hybridized carbons (Fsp3) is 0.105. The van der Waals surface area contributed by atoms with Crippen molar-refractivity contribution < 1.29 is 24.0 Å². The van der Waals surface area contributed by atoms with Crippen molar-refractivity contribution in [1.29, 1.82) is 0 Å². The van der Waals surface area contributed by atoms with Crippen molar-refractivity contribution in [2.45, 2.75) is 0 Å². The van der Waals surface area contributed by atoms with Crippen LogP contribution in [0.4, 0.5) is 0 Å². The average molecular weight is 363 g/mol. The molecule has 0 aromatic heterocycles. The maximum Gasteiger partial charge on any atom is 0.263 e. The fourth-order valence-electron chi connectivity index (χ4n) is 3.21. The van der Waals surface area contributed by atoms with E-state index in [-0.39, 0.29) is 35.6 Å². The van der Waals surface area contributed by atoms with Crippen LogP contribution < -0.4 is 0 Å². The van der Waals surface area contributed by atoms with Crippen molar-refractivity contribution in [2.75, 3.05) is 13.3 Å². The molecule has 4 rings (SSSR count). The maximum atomic E-state index is 12.4. The summed E-state index contributed by atoms with van der Waals surface area (Å²) in [6.45, 7) is -0.716. The largest absolute Gasteiger partial charge is 0.309 e. The minimum absolute atomic E-state index is 0.258. The molecule has 2 aliphatic heterocycles. The van der Waals surface area contributed by atoms with Crippen LogP contribution >= 0.6 is 0 Å². The third-order valence-corrected chi connectivity index (χ3v) is 4.55. The third kappa shape index (κ3) is 2.50. The summed E-state index contributed by atoms with van der Waals surface area (Å²) in [6.07, 6.45) is 0.396. The van der Waals surface area contributed by atoms with E-state index in [0.717, 1.165) is 14.7 Å². The van der Waals surface area contributed by atoms with Gasteiger partial charge >= 0.3 is 0 Å². The molecule has 0 fully saturated rings. The monoisotopic (exact) mass is 363 g/mol. The Morgan fingerprint density at radius 2 is 0.926 bits per heavy atom. The summed E-state index contributed by atoms with van der Waals surface area (Å²) >= 11 is 0. The van der Waals surface area contributed by atoms with Crippen LogP contribution in [0.25, 0.3) is 0 Å². The molecule has 5 amide bonds. The van der Waals surface area contributed by atoms with Crippen LogP contribution in [0.15, 0.2) is 48.5 Å². The molecule has 0 atom stereocenters. The minimum atomic E-state index is -0.523. The smallest absolute Gasteiger partial charge is 0.263 e. The Labute approximate surface area is 153 Å². The second kappa shape index (κ2) is 6.17. The van der Waals surface area contributed by atoms with E-state index in [0.29, 0.717) is 6.41 Å². The molecule has 0 spiro atoms. The molecular weight excluding hydrogens is 350 g/mol. The Hall–Kier alpha value is -3.81. The highest BCUT2D eigenvalue weighted by molar-refractivity contribution is 6.22. The number of amides is 5. The number of hydrogen-bond donors (Lipinski definition) is 0. The number of imide groups is 2. The minimum Gasteiger partial charge on any atom is -0.309 e. The molecule has 8 heteroatoms. The van der Waals surface area contributed by atoms with Crippen LogP contribution in [0, 0.1) is 0 Å². The number of benzene rings is 2. The first-order valence-corrected chi connectivity index (χ1v) is 8.12. The standard InChI is InChI=1S/C19H13N3O5/c23-11-20(9-21-16(24)12-5-1-2-6-13(12)17(21)25)10-22-18(26)14-7-3-4-8-15(14)19(22)27/h1-8,11H,9-10H2. The zero-order valence-corrected chi connectivity index (χ0v) is 14.0. The molecule has 0 radical (unpaired) electrons. The topological polar surface area (TPSA) is 95.1 Å². The molecule has 2 heterocycles. The molecule has 2 aromatic carbocycles. The van der Waals surface area contributed by atoms with Crippen molar-refractivity contribution in [1.82, 2.24) is 14.7 Å². The number of nitrogens with zero attached hydrogens (tertiary/aromatic N) is 3. The first-order chi connectivity index (χ1) is 13.0. The van der Waals surface area contributed by atoms with Gasteiger partial charge < -0.3 is 4.90 Å². The van der Waals surface area contributed by atoms with Crippen molar-refractivity contribution in [2.24, 2.45) is 0 Å². The van der Waals surface area contributed by atoms with E-state index in [9.17, 15) is 24.0 Å². The molecule has 0 unspecified atom stereocenters. The Kier molecular flexibility index (Phi) is 3.80. The van der Waals surface area contributed by atoms with Gasteiger partial charge in [0.05, 0.1) is 22.3 Å². The Bertz CT molecular complexity index is 868. The molecule has 0 N–H and O–H groups in total. The second-order valence-corrected chi connectivity index (χ2v) is 6.14. The van der Waals surface area contributed by atoms with Crippen molar-refractivity contribution in [3.63, 3.8) is 0 Å². The van der Waals surface area contributed by atoms with E-state index < -0.39 is 23.6 Å². The number of fused-ring (bicyclic) bond motifs is 2. The van der Waals surface area contributed by atoms with E-state index in [1.54, 1.807) is 24.3 Å². The number of carbonyl (C=O) groups is 5. The van der Waals surface area contributed by atoms with Gasteiger partial charge in [0.25, 0.3) is 23.6 Å². The van der Waals surface area contributed by atoms with Gasteiger partial charge in [-0.25, -0.2) is 0 Å². The average Bonchev–Trinajstić information content (AvgIpc) is 3.08. The number of carbonyl (C=O) groups excluding carboxylic acids is 5. The van der Waals surface area contributed by atoms with Gasteiger partial charge in [-0.15, -0.1) is 0 Å². The zero-order chi connectivity index (χ0) is 19.1. The van der Waals surface area contributed by atoms with Crippen LogP contribution in [0.2, 0.25) is 0 Å². The van der Waals surface area contributed by atoms with Crippen molar-refractivity contribution in [3.05, 3.63) is 70.8 Å². The lowest BCUT2D eigenvalue weighted by atomic mass is 10.1. The molecule has 0 bridgehead atoms. The summed E-state index contributed by atoms with van der Waals surface area (Å²) in [5, 5.41) is 0. The summed E-state index contributed by atoms with van der Waals surface area (Å²) in [7, 11) is 0. The lowest BCUT2D eigenvalue weighted by molar-refractivity contribution is -0.120. The lowest BCUT2D eigenvalue weighted by Crippen LogP contribution is -2.47. The van der Waals surface area contributed by atoms with Gasteiger partial charge in [-0.3, -0.25) is 33.8 Å². The lowest BCUT2D eigenvalue weighted by Gasteiger charge is -2.26. The summed E-state index contributed by atoms with van der Waals surface area (Å²) in [5.74, 6) is -2.09. The van der Waals surface area contributed by atoms with Gasteiger partial charge in [-0.2, -0.15) is 0 Å². The highest BCUT2D eigenvalue weighted by Gasteiger charge is 2.39. The summed E-state index contributed by atoms with van der Waals surface area (Å²) in [6, 6.07) is 12.7. The van der Waals surface area contributed by atoms with E-state index in [2.05, 4.69) is 0 Å². The number of rotatable bonds is 5. The predicted molar refractivity (Wildman–Crippen MR) is 91.5 cm³/mol. The predicted octanol–water partition coefficient (Wildman–Crippen LogP) is 0.952. The van der Waals surface area contributed by atoms with Gasteiger partial charge in [0.1, 0.15) is 13.3 Å². The zero-order valence-electron chi connectivity index (χ0n) is 14.0. The van der Waals surface area contributed by atoms with Crippen LogP contribution in [0.3, 0.4) is 0 Å². The molecule has 0 aliphatic carbocycles. The van der Waals surface area contributed by atoms with E-state index in [4.69, 9.17) is 0 Å². The SMILES string of the molecule is O=CN(CN1C(=O)c2ccccc2C1=O)CN1C(=O)c2ccccc2C1=O. The van der Waals surface area contributed by atoms with Crippen LogP contribution in [-0.4, -0.2) is 58.1 Å².